The van der Waals surface area contributed by atoms with Crippen molar-refractivity contribution in [2.24, 2.45) is 5.92 Å². The van der Waals surface area contributed by atoms with Crippen LogP contribution in [0.2, 0.25) is 0 Å². The third-order valence-corrected chi connectivity index (χ3v) is 10.5. The van der Waals surface area contributed by atoms with Crippen LogP contribution >= 0.6 is 23.2 Å². The van der Waals surface area contributed by atoms with Crippen molar-refractivity contribution in [2.75, 3.05) is 32.1 Å². The van der Waals surface area contributed by atoms with E-state index in [9.17, 15) is 14.7 Å². The number of amides is 1. The Balaban J connectivity index is 1.33. The molecule has 1 aliphatic carbocycles. The molecule has 3 aliphatic rings. The number of carboxylic acid groups (broad SMARTS) is 1. The zero-order valence-electron chi connectivity index (χ0n) is 27.1. The van der Waals surface area contributed by atoms with Gasteiger partial charge in [-0.1, -0.05) is 71.8 Å². The average Bonchev–Trinajstić information content (AvgIpc) is 3.52. The summed E-state index contributed by atoms with van der Waals surface area (Å²) >= 11 is 14.8. The molecule has 1 amide bonds. The van der Waals surface area contributed by atoms with Gasteiger partial charge in [-0.15, -0.1) is 0 Å². The second kappa shape index (κ2) is 14.8. The zero-order chi connectivity index (χ0) is 34.6. The standard InChI is InChI=1S/C36H39Cl2FN6O4/c1-49-33-25(20-40-21-27-10-12-30(46)42-27)9-11-29(43-33)35(16-5-8-28(36(35,37)38)23-6-3-2-4-7-23)44-32-31(39)26(13-17-41-32)22-45-18-14-24(15-19-45)34(47)48/h2-9,11,13,16-17,24,27,40H,10,12,14-15,18-22H2,1H3,(H,41,44)(H,42,46)(H,47,48)/t27?,35-/m0/s1. The number of carboxylic acids is 1. The van der Waals surface area contributed by atoms with Crippen molar-refractivity contribution in [1.82, 2.24) is 25.5 Å². The number of methoxy groups -OCH3 is 1. The number of pyridine rings is 2. The summed E-state index contributed by atoms with van der Waals surface area (Å²) in [5.41, 5.74) is 1.39. The molecule has 10 nitrogen and oxygen atoms in total. The van der Waals surface area contributed by atoms with E-state index < -0.39 is 21.7 Å². The van der Waals surface area contributed by atoms with Crippen molar-refractivity contribution in [3.8, 4) is 5.88 Å². The summed E-state index contributed by atoms with van der Waals surface area (Å²) in [6.45, 7) is 2.42. The van der Waals surface area contributed by atoms with Gasteiger partial charge in [0.2, 0.25) is 11.8 Å². The molecule has 1 aromatic carbocycles. The monoisotopic (exact) mass is 708 g/mol. The lowest BCUT2D eigenvalue weighted by molar-refractivity contribution is -0.143. The van der Waals surface area contributed by atoms with Crippen LogP contribution in [-0.2, 0) is 28.2 Å². The topological polar surface area (TPSA) is 129 Å². The molecule has 6 rings (SSSR count). The molecule has 0 bridgehead atoms. The highest BCUT2D eigenvalue weighted by Gasteiger charge is 2.55. The van der Waals surface area contributed by atoms with Crippen LogP contribution in [-0.4, -0.2) is 69.0 Å². The molecule has 4 N–H and O–H groups in total. The minimum absolute atomic E-state index is 0.0557. The van der Waals surface area contributed by atoms with Crippen LogP contribution < -0.4 is 20.7 Å². The van der Waals surface area contributed by atoms with E-state index in [-0.39, 0.29) is 23.7 Å². The molecule has 2 atom stereocenters. The molecule has 3 aromatic rings. The summed E-state index contributed by atoms with van der Waals surface area (Å²) in [5, 5.41) is 19.0. The quantitative estimate of drug-likeness (QED) is 0.182. The fraction of sp³-hybridized carbons (Fsp3) is 0.389. The maximum absolute atomic E-state index is 16.4. The molecule has 2 aliphatic heterocycles. The number of likely N-dealkylation sites (tertiary alicyclic amines) is 1. The predicted molar refractivity (Wildman–Crippen MR) is 187 cm³/mol. The van der Waals surface area contributed by atoms with Crippen molar-refractivity contribution >= 4 is 46.5 Å². The average molecular weight is 710 g/mol. The second-order valence-corrected chi connectivity index (χ2v) is 14.0. The van der Waals surface area contributed by atoms with Crippen molar-refractivity contribution in [1.29, 1.82) is 0 Å². The molecule has 2 aromatic heterocycles. The van der Waals surface area contributed by atoms with Gasteiger partial charge in [-0.3, -0.25) is 14.5 Å². The van der Waals surface area contributed by atoms with Crippen molar-refractivity contribution < 1.29 is 23.8 Å². The van der Waals surface area contributed by atoms with E-state index in [1.807, 2.05) is 53.5 Å². The lowest BCUT2D eigenvalue weighted by Gasteiger charge is -2.44. The van der Waals surface area contributed by atoms with E-state index in [2.05, 4.69) is 20.9 Å². The van der Waals surface area contributed by atoms with Gasteiger partial charge in [0, 0.05) is 49.4 Å². The number of carbonyl (C=O) groups is 2. The number of ether oxygens (including phenoxy) is 1. The summed E-state index contributed by atoms with van der Waals surface area (Å²) in [4.78, 5) is 34.4. The molecule has 13 heteroatoms. The van der Waals surface area contributed by atoms with Gasteiger partial charge < -0.3 is 25.8 Å². The normalized spacial score (nSPS) is 22.4. The Morgan fingerprint density at radius 3 is 2.59 bits per heavy atom. The Kier molecular flexibility index (Phi) is 10.5. The van der Waals surface area contributed by atoms with Gasteiger partial charge in [-0.2, -0.15) is 0 Å². The Morgan fingerprint density at radius 1 is 1.12 bits per heavy atom. The number of alkyl halides is 2. The lowest BCUT2D eigenvalue weighted by atomic mass is 9.79. The number of nitrogens with zero attached hydrogens (tertiary/aromatic N) is 3. The Labute approximate surface area is 294 Å². The summed E-state index contributed by atoms with van der Waals surface area (Å²) in [7, 11) is 1.53. The Bertz CT molecular complexity index is 1750. The molecule has 0 radical (unpaired) electrons. The molecule has 2 fully saturated rings. The van der Waals surface area contributed by atoms with Crippen LogP contribution in [0.25, 0.3) is 5.57 Å². The number of hydrogen-bond acceptors (Lipinski definition) is 8. The van der Waals surface area contributed by atoms with E-state index in [0.29, 0.717) is 74.7 Å². The van der Waals surface area contributed by atoms with Gasteiger partial charge in [-0.25, -0.2) is 14.4 Å². The van der Waals surface area contributed by atoms with Crippen molar-refractivity contribution in [3.05, 3.63) is 101 Å². The number of anilines is 1. The molecule has 1 unspecified atom stereocenters. The van der Waals surface area contributed by atoms with Gasteiger partial charge in [0.15, 0.2) is 16.0 Å². The molecule has 2 saturated heterocycles. The predicted octanol–water partition coefficient (Wildman–Crippen LogP) is 5.42. The fourth-order valence-electron chi connectivity index (χ4n) is 6.71. The van der Waals surface area contributed by atoms with E-state index in [0.717, 1.165) is 17.5 Å². The largest absolute Gasteiger partial charge is 0.481 e. The molecule has 0 spiro atoms. The first-order chi connectivity index (χ1) is 23.6. The number of piperidine rings is 1. The first kappa shape index (κ1) is 34.8. The number of halogens is 3. The number of rotatable bonds is 12. The number of allylic oxidation sites excluding steroid dienone is 2. The van der Waals surface area contributed by atoms with E-state index >= 15 is 4.39 Å². The second-order valence-electron chi connectivity index (χ2n) is 12.6. The SMILES string of the molecule is COc1nc([C@@]2(Nc3nccc(CN4CCC(C(=O)O)CC4)c3F)C=CC=C(c3ccccc3)C2(Cl)Cl)ccc1CNCC1CCC(=O)N1. The number of carbonyl (C=O) groups excluding carboxylic acids is 1. The third kappa shape index (κ3) is 7.30. The molecular formula is C36H39Cl2FN6O4. The van der Waals surface area contributed by atoms with E-state index in [1.54, 1.807) is 18.2 Å². The smallest absolute Gasteiger partial charge is 0.306 e. The lowest BCUT2D eigenvalue weighted by Crippen LogP contribution is -2.51. The summed E-state index contributed by atoms with van der Waals surface area (Å²) in [6.07, 6.45) is 9.24. The Morgan fingerprint density at radius 2 is 1.90 bits per heavy atom. The highest BCUT2D eigenvalue weighted by atomic mass is 35.5. The Hall–Kier alpha value is -4.03. The molecule has 0 saturated carbocycles. The van der Waals surface area contributed by atoms with Crippen molar-refractivity contribution in [3.63, 3.8) is 0 Å². The van der Waals surface area contributed by atoms with Crippen LogP contribution in [0.3, 0.4) is 0 Å². The molecule has 258 valence electrons. The summed E-state index contributed by atoms with van der Waals surface area (Å²) < 4.78 is 20.4. The number of nitrogens with one attached hydrogen (secondary N) is 3. The number of benzene rings is 1. The summed E-state index contributed by atoms with van der Waals surface area (Å²) in [5.74, 6) is -1.42. The highest BCUT2D eigenvalue weighted by Crippen LogP contribution is 2.54. The van der Waals surface area contributed by atoms with Crippen LogP contribution in [0.1, 0.15) is 48.1 Å². The molecular weight excluding hydrogens is 670 g/mol. The van der Waals surface area contributed by atoms with Gasteiger partial charge in [0.05, 0.1) is 18.7 Å². The summed E-state index contributed by atoms with van der Waals surface area (Å²) in [6, 6.07) is 14.8. The maximum atomic E-state index is 16.4. The first-order valence-electron chi connectivity index (χ1n) is 16.4. The van der Waals surface area contributed by atoms with Crippen LogP contribution in [0.15, 0.2) is 73.0 Å². The highest BCUT2D eigenvalue weighted by molar-refractivity contribution is 6.55. The minimum atomic E-state index is -1.72. The van der Waals surface area contributed by atoms with E-state index in [1.165, 1.54) is 13.3 Å². The van der Waals surface area contributed by atoms with Gasteiger partial charge in [-0.05, 0) is 61.7 Å². The van der Waals surface area contributed by atoms with Crippen molar-refractivity contribution in [2.45, 2.75) is 54.7 Å². The van der Waals surface area contributed by atoms with Gasteiger partial charge >= 0.3 is 5.97 Å². The zero-order valence-corrected chi connectivity index (χ0v) is 28.6. The number of hydrogen-bond donors (Lipinski definition) is 4. The van der Waals surface area contributed by atoms with Crippen LogP contribution in [0.5, 0.6) is 5.88 Å². The molecule has 4 heterocycles. The van der Waals surface area contributed by atoms with E-state index in [4.69, 9.17) is 32.9 Å². The number of aliphatic carboxylic acids is 1. The van der Waals surface area contributed by atoms with Gasteiger partial charge in [0.25, 0.3) is 0 Å². The van der Waals surface area contributed by atoms with Crippen LogP contribution in [0, 0.1) is 11.7 Å². The fourth-order valence-corrected chi connectivity index (χ4v) is 7.46. The minimum Gasteiger partial charge on any atom is -0.481 e. The third-order valence-electron chi connectivity index (χ3n) is 9.47. The first-order valence-corrected chi connectivity index (χ1v) is 17.1. The molecule has 49 heavy (non-hydrogen) atoms. The van der Waals surface area contributed by atoms with Gasteiger partial charge in [0.1, 0.15) is 5.54 Å². The maximum Gasteiger partial charge on any atom is 0.306 e. The van der Waals surface area contributed by atoms with Crippen LogP contribution in [0.4, 0.5) is 10.2 Å². The number of aromatic nitrogens is 2.